The first-order valence-electron chi connectivity index (χ1n) is 5.64. The fourth-order valence-corrected chi connectivity index (χ4v) is 2.15. The third-order valence-corrected chi connectivity index (χ3v) is 3.03. The molecule has 1 aliphatic heterocycles. The molecule has 2 rings (SSSR count). The summed E-state index contributed by atoms with van der Waals surface area (Å²) in [6.07, 6.45) is 0. The summed E-state index contributed by atoms with van der Waals surface area (Å²) in [6, 6.07) is 9.37. The number of rotatable bonds is 1. The lowest BCUT2D eigenvalue weighted by Gasteiger charge is -2.46. The van der Waals surface area contributed by atoms with Crippen molar-refractivity contribution in [2.75, 3.05) is 6.61 Å². The van der Waals surface area contributed by atoms with E-state index in [1.807, 2.05) is 37.3 Å². The molecule has 0 bridgehead atoms. The lowest BCUT2D eigenvalue weighted by atomic mass is 9.93. The van der Waals surface area contributed by atoms with Crippen molar-refractivity contribution in [3.63, 3.8) is 0 Å². The molecule has 1 aliphatic rings. The molecular weight excluding hydrogens is 238 g/mol. The maximum Gasteiger partial charge on any atom is 0.208 e. The molecule has 0 radical (unpaired) electrons. The highest BCUT2D eigenvalue weighted by Crippen LogP contribution is 2.32. The predicted molar refractivity (Wildman–Crippen MR) is 70.2 cm³/mol. The first kappa shape index (κ1) is 14.5. The molecule has 0 saturated carbocycles. The summed E-state index contributed by atoms with van der Waals surface area (Å²) in [6.45, 7) is 6.55. The maximum atomic E-state index is 10.6. The summed E-state index contributed by atoms with van der Waals surface area (Å²) in [4.78, 5) is 0. The zero-order chi connectivity index (χ0) is 11.8. The summed E-state index contributed by atoms with van der Waals surface area (Å²) < 4.78 is 5.67. The Bertz CT molecular complexity index is 369. The molecule has 0 aromatic heterocycles. The van der Waals surface area contributed by atoms with Crippen LogP contribution >= 0.6 is 12.4 Å². The molecule has 2 N–H and O–H groups in total. The van der Waals surface area contributed by atoms with Crippen molar-refractivity contribution in [2.24, 2.45) is 0 Å². The van der Waals surface area contributed by atoms with Crippen molar-refractivity contribution in [2.45, 2.75) is 38.1 Å². The SMILES string of the molecule is C[C@H]1NC(C)(C)CO[C@@]1(O)c1ccccc1.Cl. The Morgan fingerprint density at radius 2 is 1.88 bits per heavy atom. The van der Waals surface area contributed by atoms with E-state index in [-0.39, 0.29) is 24.0 Å². The van der Waals surface area contributed by atoms with E-state index in [2.05, 4.69) is 19.2 Å². The lowest BCUT2D eigenvalue weighted by molar-refractivity contribution is -0.263. The van der Waals surface area contributed by atoms with Crippen LogP contribution in [0.25, 0.3) is 0 Å². The van der Waals surface area contributed by atoms with Gasteiger partial charge in [-0.1, -0.05) is 30.3 Å². The van der Waals surface area contributed by atoms with E-state index in [0.717, 1.165) is 5.56 Å². The van der Waals surface area contributed by atoms with Gasteiger partial charge in [0.15, 0.2) is 0 Å². The second-order valence-electron chi connectivity index (χ2n) is 5.10. The van der Waals surface area contributed by atoms with Crippen molar-refractivity contribution in [3.05, 3.63) is 35.9 Å². The highest BCUT2D eigenvalue weighted by Gasteiger charge is 2.44. The van der Waals surface area contributed by atoms with Crippen LogP contribution in [-0.2, 0) is 10.5 Å². The second-order valence-corrected chi connectivity index (χ2v) is 5.10. The van der Waals surface area contributed by atoms with Gasteiger partial charge in [0, 0.05) is 11.1 Å². The molecule has 1 aromatic rings. The Hall–Kier alpha value is -0.610. The second kappa shape index (κ2) is 4.94. The van der Waals surface area contributed by atoms with Gasteiger partial charge in [0.2, 0.25) is 5.79 Å². The Labute approximate surface area is 109 Å². The molecule has 17 heavy (non-hydrogen) atoms. The molecule has 1 aromatic carbocycles. The third kappa shape index (κ3) is 2.80. The van der Waals surface area contributed by atoms with Gasteiger partial charge in [0.1, 0.15) is 0 Å². The molecule has 0 spiro atoms. The van der Waals surface area contributed by atoms with E-state index in [4.69, 9.17) is 4.74 Å². The molecule has 1 heterocycles. The van der Waals surface area contributed by atoms with Gasteiger partial charge in [-0.3, -0.25) is 0 Å². The van der Waals surface area contributed by atoms with Gasteiger partial charge >= 0.3 is 0 Å². The zero-order valence-electron chi connectivity index (χ0n) is 10.4. The molecule has 0 unspecified atom stereocenters. The topological polar surface area (TPSA) is 41.5 Å². The zero-order valence-corrected chi connectivity index (χ0v) is 11.3. The maximum absolute atomic E-state index is 10.6. The highest BCUT2D eigenvalue weighted by molar-refractivity contribution is 5.85. The van der Waals surface area contributed by atoms with Crippen LogP contribution in [0.4, 0.5) is 0 Å². The first-order chi connectivity index (χ1) is 7.44. The Kier molecular flexibility index (Phi) is 4.20. The quantitative estimate of drug-likeness (QED) is 0.809. The molecule has 1 saturated heterocycles. The lowest BCUT2D eigenvalue weighted by Crippen LogP contribution is -2.63. The van der Waals surface area contributed by atoms with Crippen LogP contribution in [0.2, 0.25) is 0 Å². The summed E-state index contributed by atoms with van der Waals surface area (Å²) >= 11 is 0. The van der Waals surface area contributed by atoms with Crippen LogP contribution in [0.15, 0.2) is 30.3 Å². The minimum atomic E-state index is -1.23. The van der Waals surface area contributed by atoms with Gasteiger partial charge in [0.05, 0.1) is 12.6 Å². The minimum absolute atomic E-state index is 0. The smallest absolute Gasteiger partial charge is 0.208 e. The van der Waals surface area contributed by atoms with E-state index < -0.39 is 5.79 Å². The van der Waals surface area contributed by atoms with Gasteiger partial charge in [-0.25, -0.2) is 0 Å². The van der Waals surface area contributed by atoms with Crippen molar-refractivity contribution in [1.82, 2.24) is 5.32 Å². The first-order valence-corrected chi connectivity index (χ1v) is 5.64. The molecular formula is C13H20ClNO2. The normalized spacial score (nSPS) is 31.6. The summed E-state index contributed by atoms with van der Waals surface area (Å²) in [5.41, 5.74) is 0.700. The Morgan fingerprint density at radius 1 is 1.29 bits per heavy atom. The number of benzene rings is 1. The molecule has 96 valence electrons. The molecule has 4 heteroatoms. The molecule has 0 amide bonds. The average molecular weight is 258 g/mol. The number of ether oxygens (including phenoxy) is 1. The van der Waals surface area contributed by atoms with Crippen LogP contribution < -0.4 is 5.32 Å². The van der Waals surface area contributed by atoms with E-state index in [0.29, 0.717) is 6.61 Å². The van der Waals surface area contributed by atoms with Crippen LogP contribution in [0, 0.1) is 0 Å². The molecule has 3 nitrogen and oxygen atoms in total. The minimum Gasteiger partial charge on any atom is -0.361 e. The number of aliphatic hydroxyl groups is 1. The number of hydrogen-bond donors (Lipinski definition) is 2. The standard InChI is InChI=1S/C13H19NO2.ClH/c1-10-13(15,11-7-5-4-6-8-11)16-9-12(2,3)14-10;/h4-8,10,14-15H,9H2,1-3H3;1H/t10-,13-;/m1./s1. The molecule has 2 atom stereocenters. The summed E-state index contributed by atoms with van der Waals surface area (Å²) in [7, 11) is 0. The number of morpholine rings is 1. The Balaban J connectivity index is 0.00000144. The van der Waals surface area contributed by atoms with Crippen LogP contribution in [0.1, 0.15) is 26.3 Å². The van der Waals surface area contributed by atoms with Gasteiger partial charge in [-0.2, -0.15) is 0 Å². The van der Waals surface area contributed by atoms with E-state index >= 15 is 0 Å². The number of nitrogens with one attached hydrogen (secondary N) is 1. The van der Waals surface area contributed by atoms with Gasteiger partial charge in [-0.05, 0) is 20.8 Å². The summed E-state index contributed by atoms with van der Waals surface area (Å²) in [5, 5.41) is 13.9. The van der Waals surface area contributed by atoms with Crippen molar-refractivity contribution in [1.29, 1.82) is 0 Å². The van der Waals surface area contributed by atoms with Crippen molar-refractivity contribution in [3.8, 4) is 0 Å². The fourth-order valence-electron chi connectivity index (χ4n) is 2.15. The van der Waals surface area contributed by atoms with E-state index in [9.17, 15) is 5.11 Å². The van der Waals surface area contributed by atoms with Crippen LogP contribution in [-0.4, -0.2) is 23.3 Å². The largest absolute Gasteiger partial charge is 0.361 e. The van der Waals surface area contributed by atoms with Gasteiger partial charge < -0.3 is 15.2 Å². The fraction of sp³-hybridized carbons (Fsp3) is 0.538. The van der Waals surface area contributed by atoms with E-state index in [1.165, 1.54) is 0 Å². The van der Waals surface area contributed by atoms with Gasteiger partial charge in [-0.15, -0.1) is 12.4 Å². The average Bonchev–Trinajstić information content (AvgIpc) is 2.25. The van der Waals surface area contributed by atoms with Crippen molar-refractivity contribution < 1.29 is 9.84 Å². The molecule has 1 fully saturated rings. The third-order valence-electron chi connectivity index (χ3n) is 3.03. The summed E-state index contributed by atoms with van der Waals surface area (Å²) in [5.74, 6) is -1.23. The van der Waals surface area contributed by atoms with Crippen LogP contribution in [0.5, 0.6) is 0 Å². The number of halogens is 1. The van der Waals surface area contributed by atoms with E-state index in [1.54, 1.807) is 0 Å². The van der Waals surface area contributed by atoms with Crippen molar-refractivity contribution >= 4 is 12.4 Å². The predicted octanol–water partition coefficient (Wildman–Crippen LogP) is 2.04. The van der Waals surface area contributed by atoms with Crippen LogP contribution in [0.3, 0.4) is 0 Å². The Morgan fingerprint density at radius 3 is 2.41 bits per heavy atom. The molecule has 0 aliphatic carbocycles. The number of hydrogen-bond acceptors (Lipinski definition) is 3. The van der Waals surface area contributed by atoms with Gasteiger partial charge in [0.25, 0.3) is 0 Å². The highest BCUT2D eigenvalue weighted by atomic mass is 35.5. The monoisotopic (exact) mass is 257 g/mol.